The minimum atomic E-state index is -8.07. The first-order valence-electron chi connectivity index (χ1n) is 17.5. The van der Waals surface area contributed by atoms with Gasteiger partial charge in [0.25, 0.3) is 0 Å². The van der Waals surface area contributed by atoms with Crippen LogP contribution in [-0.2, 0) is 12.8 Å². The van der Waals surface area contributed by atoms with Crippen LogP contribution >= 0.6 is 0 Å². The first-order valence-corrected chi connectivity index (χ1v) is 17.5. The Morgan fingerprint density at radius 2 is 0.719 bits per heavy atom. The summed E-state index contributed by atoms with van der Waals surface area (Å²) < 4.78 is 354. The summed E-state index contributed by atoms with van der Waals surface area (Å²) >= 11 is 0. The van der Waals surface area contributed by atoms with Crippen molar-refractivity contribution in [2.45, 2.75) is 125 Å². The lowest BCUT2D eigenvalue weighted by Gasteiger charge is -2.41. The van der Waals surface area contributed by atoms with E-state index in [-0.39, 0.29) is 58.3 Å². The molecular weight excluding hydrogens is 954 g/mol. The highest BCUT2D eigenvalue weighted by Gasteiger charge is 2.92. The largest absolute Gasteiger partial charge is 0.460 e. The summed E-state index contributed by atoms with van der Waals surface area (Å²) in [6.45, 7) is 5.05. The van der Waals surface area contributed by atoms with E-state index in [0.29, 0.717) is 0 Å². The van der Waals surface area contributed by atoms with E-state index in [2.05, 4.69) is 0 Å². The minimum Gasteiger partial charge on any atom is -0.328 e. The molecule has 0 N–H and O–H groups in total. The average molecular weight is 985 g/mol. The van der Waals surface area contributed by atoms with Crippen molar-refractivity contribution >= 4 is 11.4 Å². The fourth-order valence-electron chi connectivity index (χ4n) is 6.80. The number of benzene rings is 2. The molecule has 0 saturated heterocycles. The van der Waals surface area contributed by atoms with Crippen molar-refractivity contribution in [2.24, 2.45) is 5.92 Å². The maximum absolute atomic E-state index is 14.8. The van der Waals surface area contributed by atoms with Crippen LogP contribution in [0, 0.1) is 33.6 Å². The first kappa shape index (κ1) is 54.3. The van der Waals surface area contributed by atoms with Crippen molar-refractivity contribution in [3.8, 4) is 0 Å². The van der Waals surface area contributed by atoms with Crippen LogP contribution in [-0.4, -0.2) is 78.2 Å². The van der Waals surface area contributed by atoms with Gasteiger partial charge < -0.3 is 9.80 Å². The van der Waals surface area contributed by atoms with Crippen molar-refractivity contribution in [2.75, 3.05) is 16.5 Å². The molecule has 0 unspecified atom stereocenters. The molecule has 64 heavy (non-hydrogen) atoms. The van der Waals surface area contributed by atoms with E-state index in [1.54, 1.807) is 0 Å². The standard InChI is InChI=1S/C36H30F26N2/c1-16-10-21(6-7-25(37,38)27(41,42)29(45,46)31(49,50)33(53,54)35(57,58)59)11-17(2)23(16)63-8-9-64(15-63)24-18(3)12-22(13-19(24)4)14-20(5)26(39,40)28(43,44)30(47,48)32(51,52)34(55,56)36(60,61)62/h8-13,20H,6-7,14-15H2,1-5H3/t20-/m1/s1. The predicted octanol–water partition coefficient (Wildman–Crippen LogP) is 14.3. The van der Waals surface area contributed by atoms with Gasteiger partial charge in [-0.05, 0) is 73.9 Å². The summed E-state index contributed by atoms with van der Waals surface area (Å²) in [5.74, 6) is -78.6. The molecule has 2 nitrogen and oxygen atoms in total. The third-order valence-corrected chi connectivity index (χ3v) is 10.3. The van der Waals surface area contributed by atoms with E-state index >= 15 is 0 Å². The zero-order valence-corrected chi connectivity index (χ0v) is 32.6. The zero-order valence-electron chi connectivity index (χ0n) is 32.6. The molecule has 0 aliphatic carbocycles. The fraction of sp³-hybridized carbons (Fsp3) is 0.611. The quantitative estimate of drug-likeness (QED) is 0.155. The Balaban J connectivity index is 1.83. The molecule has 366 valence electrons. The molecule has 1 atom stereocenters. The predicted molar refractivity (Wildman–Crippen MR) is 174 cm³/mol. The number of anilines is 2. The fourth-order valence-corrected chi connectivity index (χ4v) is 6.80. The second-order valence-corrected chi connectivity index (χ2v) is 15.1. The molecule has 1 aliphatic rings. The summed E-state index contributed by atoms with van der Waals surface area (Å²) in [6.07, 6.45) is -17.7. The van der Waals surface area contributed by atoms with Crippen molar-refractivity contribution in [1.29, 1.82) is 0 Å². The Kier molecular flexibility index (Phi) is 13.6. The Bertz CT molecular complexity index is 2020. The topological polar surface area (TPSA) is 6.48 Å². The molecule has 1 aliphatic heterocycles. The van der Waals surface area contributed by atoms with Gasteiger partial charge in [0.2, 0.25) is 0 Å². The third kappa shape index (κ3) is 8.25. The maximum Gasteiger partial charge on any atom is 0.460 e. The highest BCUT2D eigenvalue weighted by atomic mass is 19.4. The molecule has 0 spiro atoms. The van der Waals surface area contributed by atoms with Crippen molar-refractivity contribution in [1.82, 2.24) is 0 Å². The highest BCUT2D eigenvalue weighted by Crippen LogP contribution is 2.63. The minimum absolute atomic E-state index is 0.104. The van der Waals surface area contributed by atoms with Gasteiger partial charge in [0, 0.05) is 36.1 Å². The molecule has 0 amide bonds. The summed E-state index contributed by atoms with van der Waals surface area (Å²) in [6, 6.07) is 4.03. The van der Waals surface area contributed by atoms with Crippen LogP contribution in [0.1, 0.15) is 46.7 Å². The van der Waals surface area contributed by atoms with Gasteiger partial charge in [0.05, 0.1) is 6.67 Å². The molecule has 0 saturated carbocycles. The second kappa shape index (κ2) is 16.1. The normalized spacial score (nSPS) is 16.6. The van der Waals surface area contributed by atoms with Crippen molar-refractivity contribution in [3.63, 3.8) is 0 Å². The number of halogens is 26. The number of nitrogens with zero attached hydrogens (tertiary/aromatic N) is 2. The van der Waals surface area contributed by atoms with E-state index < -0.39 is 96.8 Å². The van der Waals surface area contributed by atoms with Crippen LogP contribution < -0.4 is 9.80 Å². The first-order chi connectivity index (χ1) is 28.2. The average Bonchev–Trinajstić information content (AvgIpc) is 3.57. The second-order valence-electron chi connectivity index (χ2n) is 15.1. The third-order valence-electron chi connectivity index (χ3n) is 10.3. The van der Waals surface area contributed by atoms with Crippen molar-refractivity contribution < 1.29 is 114 Å². The van der Waals surface area contributed by atoms with Crippen LogP contribution in [0.25, 0.3) is 0 Å². The van der Waals surface area contributed by atoms with Crippen LogP contribution in [0.5, 0.6) is 0 Å². The monoisotopic (exact) mass is 984 g/mol. The van der Waals surface area contributed by atoms with E-state index in [4.69, 9.17) is 0 Å². The zero-order chi connectivity index (χ0) is 50.4. The molecule has 2 aromatic carbocycles. The van der Waals surface area contributed by atoms with Gasteiger partial charge in [-0.1, -0.05) is 31.2 Å². The summed E-state index contributed by atoms with van der Waals surface area (Å²) in [4.78, 5) is 2.83. The SMILES string of the molecule is Cc1cc(CCC(F)(F)C(F)(F)C(F)(F)C(F)(F)C(F)(F)C(F)(F)F)cc(C)c1N1C=CN(c2c(C)cc(C[C@@H](C)C(F)(F)C(F)(F)C(F)(F)C(F)(F)C(F)(F)C(F)(F)F)cc2C)C1. The molecule has 28 heteroatoms. The molecule has 0 fully saturated rings. The number of aryl methyl sites for hydroxylation is 5. The lowest BCUT2D eigenvalue weighted by atomic mass is 9.84. The molecule has 3 rings (SSSR count). The van der Waals surface area contributed by atoms with Gasteiger partial charge >= 0.3 is 71.6 Å². The van der Waals surface area contributed by atoms with Gasteiger partial charge in [0.15, 0.2) is 0 Å². The van der Waals surface area contributed by atoms with E-state index in [1.807, 2.05) is 0 Å². The van der Waals surface area contributed by atoms with Gasteiger partial charge in [-0.25, -0.2) is 0 Å². The molecule has 0 bridgehead atoms. The molecule has 1 heterocycles. The molecule has 0 radical (unpaired) electrons. The number of hydrogen-bond donors (Lipinski definition) is 0. The lowest BCUT2D eigenvalue weighted by Crippen LogP contribution is -2.70. The number of alkyl halides is 26. The van der Waals surface area contributed by atoms with Crippen LogP contribution in [0.4, 0.5) is 126 Å². The smallest absolute Gasteiger partial charge is 0.328 e. The Morgan fingerprint density at radius 1 is 0.422 bits per heavy atom. The Morgan fingerprint density at radius 3 is 1.05 bits per heavy atom. The summed E-state index contributed by atoms with van der Waals surface area (Å²) in [5, 5.41) is 0. The van der Waals surface area contributed by atoms with Gasteiger partial charge in [-0.2, -0.15) is 114 Å². The van der Waals surface area contributed by atoms with E-state index in [1.165, 1.54) is 49.9 Å². The van der Waals surface area contributed by atoms with Crippen LogP contribution in [0.3, 0.4) is 0 Å². The van der Waals surface area contributed by atoms with Crippen LogP contribution in [0.2, 0.25) is 0 Å². The van der Waals surface area contributed by atoms with E-state index in [0.717, 1.165) is 24.3 Å². The lowest BCUT2D eigenvalue weighted by molar-refractivity contribution is -0.442. The summed E-state index contributed by atoms with van der Waals surface area (Å²) in [5.41, 5.74) is 0.132. The summed E-state index contributed by atoms with van der Waals surface area (Å²) in [7, 11) is 0. The molecule has 2 aromatic rings. The molecular formula is C36H30F26N2. The van der Waals surface area contributed by atoms with Crippen LogP contribution in [0.15, 0.2) is 36.7 Å². The van der Waals surface area contributed by atoms with Gasteiger partial charge in [-0.3, -0.25) is 0 Å². The van der Waals surface area contributed by atoms with E-state index in [9.17, 15) is 114 Å². The number of rotatable bonds is 16. The van der Waals surface area contributed by atoms with Gasteiger partial charge in [-0.15, -0.1) is 0 Å². The Labute approximate surface area is 343 Å². The van der Waals surface area contributed by atoms with Crippen molar-refractivity contribution in [3.05, 3.63) is 70.0 Å². The molecule has 0 aromatic heterocycles. The number of hydrogen-bond acceptors (Lipinski definition) is 2. The van der Waals surface area contributed by atoms with Gasteiger partial charge in [0.1, 0.15) is 0 Å². The Hall–Kier alpha value is -4.04. The maximum atomic E-state index is 14.8. The highest BCUT2D eigenvalue weighted by molar-refractivity contribution is 5.69.